The van der Waals surface area contributed by atoms with E-state index >= 15 is 0 Å². The average Bonchev–Trinajstić information content (AvgIpc) is 3.45. The predicted molar refractivity (Wildman–Crippen MR) is 121 cm³/mol. The molecule has 9 heteroatoms. The Labute approximate surface area is 185 Å². The van der Waals surface area contributed by atoms with Crippen molar-refractivity contribution in [2.45, 2.75) is 43.9 Å². The summed E-state index contributed by atoms with van der Waals surface area (Å²) >= 11 is 6.45. The quantitative estimate of drug-likeness (QED) is 0.578. The van der Waals surface area contributed by atoms with Gasteiger partial charge in [-0.1, -0.05) is 24.1 Å². The summed E-state index contributed by atoms with van der Waals surface area (Å²) in [5.74, 6) is 0.579. The lowest BCUT2D eigenvalue weighted by Gasteiger charge is -2.26. The summed E-state index contributed by atoms with van der Waals surface area (Å²) in [6.45, 7) is 0.741. The number of benzene rings is 1. The molecule has 0 amide bonds. The van der Waals surface area contributed by atoms with E-state index in [1.807, 2.05) is 12.4 Å². The Kier molecular flexibility index (Phi) is 5.14. The first-order valence-corrected chi connectivity index (χ1v) is 12.4. The van der Waals surface area contributed by atoms with Gasteiger partial charge in [-0.15, -0.1) is 0 Å². The van der Waals surface area contributed by atoms with Crippen LogP contribution in [0.1, 0.15) is 32.1 Å². The number of nitrogens with zero attached hydrogens (tertiary/aromatic N) is 3. The van der Waals surface area contributed by atoms with Crippen molar-refractivity contribution in [1.29, 1.82) is 0 Å². The Morgan fingerprint density at radius 1 is 1.10 bits per heavy atom. The molecule has 1 N–H and O–H groups in total. The molecule has 5 rings (SSSR count). The third kappa shape index (κ3) is 4.27. The van der Waals surface area contributed by atoms with Crippen molar-refractivity contribution in [2.24, 2.45) is 5.92 Å². The third-order valence-corrected chi connectivity index (χ3v) is 8.18. The number of halogens is 1. The van der Waals surface area contributed by atoms with Gasteiger partial charge in [0.1, 0.15) is 0 Å². The second-order valence-corrected chi connectivity index (χ2v) is 10.8. The zero-order valence-corrected chi connectivity index (χ0v) is 18.4. The highest BCUT2D eigenvalue weighted by molar-refractivity contribution is 7.93. The number of anilines is 1. The summed E-state index contributed by atoms with van der Waals surface area (Å²) in [6, 6.07) is 8.44. The highest BCUT2D eigenvalue weighted by Gasteiger charge is 2.35. The van der Waals surface area contributed by atoms with E-state index in [-0.39, 0.29) is 10.8 Å². The van der Waals surface area contributed by atoms with E-state index in [9.17, 15) is 13.2 Å². The van der Waals surface area contributed by atoms with Gasteiger partial charge in [0.15, 0.2) is 0 Å². The molecule has 0 radical (unpaired) electrons. The second-order valence-electron chi connectivity index (χ2n) is 8.39. The molecule has 2 aromatic heterocycles. The van der Waals surface area contributed by atoms with E-state index in [1.165, 1.54) is 19.3 Å². The van der Waals surface area contributed by atoms with Crippen LogP contribution in [-0.4, -0.2) is 28.0 Å². The molecule has 2 heterocycles. The van der Waals surface area contributed by atoms with Gasteiger partial charge in [0.05, 0.1) is 22.2 Å². The lowest BCUT2D eigenvalue weighted by molar-refractivity contribution is 0.273. The maximum atomic E-state index is 12.2. The molecule has 162 valence electrons. The lowest BCUT2D eigenvalue weighted by atomic mass is 9.85. The maximum absolute atomic E-state index is 12.2. The molecule has 2 fully saturated rings. The highest BCUT2D eigenvalue weighted by atomic mass is 35.5. The molecule has 2 aliphatic rings. The molecule has 0 saturated heterocycles. The molecule has 0 atom stereocenters. The monoisotopic (exact) mass is 458 g/mol. The predicted octanol–water partition coefficient (Wildman–Crippen LogP) is 4.06. The summed E-state index contributed by atoms with van der Waals surface area (Å²) in [6.07, 6.45) is 10.4. The van der Waals surface area contributed by atoms with Gasteiger partial charge in [-0.3, -0.25) is 9.52 Å². The van der Waals surface area contributed by atoms with Crippen LogP contribution in [0.3, 0.4) is 0 Å². The van der Waals surface area contributed by atoms with E-state index < -0.39 is 10.0 Å². The Hall–Kier alpha value is -2.58. The van der Waals surface area contributed by atoms with Gasteiger partial charge in [0.25, 0.3) is 5.56 Å². The van der Waals surface area contributed by atoms with Crippen LogP contribution in [0.25, 0.3) is 16.8 Å². The fourth-order valence-corrected chi connectivity index (χ4v) is 5.46. The molecule has 0 bridgehead atoms. The SMILES string of the molecule is O=c1ccc(-n2cc(-c3ccc(NS(=O)(=O)C4CC4)cc3Cl)cn2)cn1CC1CCC1. The molecule has 7 nitrogen and oxygen atoms in total. The van der Waals surface area contributed by atoms with Gasteiger partial charge in [-0.05, 0) is 49.8 Å². The van der Waals surface area contributed by atoms with Crippen molar-refractivity contribution >= 4 is 27.3 Å². The Morgan fingerprint density at radius 3 is 2.58 bits per heavy atom. The number of sulfonamides is 1. The number of hydrogen-bond donors (Lipinski definition) is 1. The van der Waals surface area contributed by atoms with Crippen LogP contribution in [0.5, 0.6) is 0 Å². The standard InChI is InChI=1S/C22H23ClN4O3S/c23-21-10-17(25-31(29,30)19-6-7-19)4-8-20(21)16-11-24-27(13-16)18-5-9-22(28)26(14-18)12-15-2-1-3-15/h4-5,8-11,13-15,19,25H,1-3,6-7,12H2. The summed E-state index contributed by atoms with van der Waals surface area (Å²) in [5.41, 5.74) is 2.81. The summed E-state index contributed by atoms with van der Waals surface area (Å²) < 4.78 is 30.4. The Balaban J connectivity index is 1.38. The van der Waals surface area contributed by atoms with Gasteiger partial charge in [-0.2, -0.15) is 5.10 Å². The van der Waals surface area contributed by atoms with Crippen molar-refractivity contribution in [3.8, 4) is 16.8 Å². The van der Waals surface area contributed by atoms with Gasteiger partial charge < -0.3 is 4.57 Å². The highest BCUT2D eigenvalue weighted by Crippen LogP contribution is 2.33. The maximum Gasteiger partial charge on any atom is 0.250 e. The minimum Gasteiger partial charge on any atom is -0.313 e. The first-order valence-electron chi connectivity index (χ1n) is 10.5. The van der Waals surface area contributed by atoms with E-state index in [0.29, 0.717) is 29.5 Å². The fourth-order valence-electron chi connectivity index (χ4n) is 3.79. The average molecular weight is 459 g/mol. The van der Waals surface area contributed by atoms with Crippen molar-refractivity contribution in [1.82, 2.24) is 14.3 Å². The summed E-state index contributed by atoms with van der Waals surface area (Å²) in [5, 5.41) is 4.57. The molecular formula is C22H23ClN4O3S. The Bertz CT molecular complexity index is 1290. The fraction of sp³-hybridized carbons (Fsp3) is 0.364. The lowest BCUT2D eigenvalue weighted by Crippen LogP contribution is -2.26. The van der Waals surface area contributed by atoms with Gasteiger partial charge in [0.2, 0.25) is 10.0 Å². The van der Waals surface area contributed by atoms with Crippen molar-refractivity contribution in [3.63, 3.8) is 0 Å². The smallest absolute Gasteiger partial charge is 0.250 e. The zero-order valence-electron chi connectivity index (χ0n) is 16.9. The van der Waals surface area contributed by atoms with Crippen molar-refractivity contribution in [3.05, 3.63) is 64.3 Å². The number of hydrogen-bond acceptors (Lipinski definition) is 4. The largest absolute Gasteiger partial charge is 0.313 e. The van der Waals surface area contributed by atoms with E-state index in [0.717, 1.165) is 23.4 Å². The number of nitrogens with one attached hydrogen (secondary N) is 1. The molecule has 2 saturated carbocycles. The molecule has 31 heavy (non-hydrogen) atoms. The van der Waals surface area contributed by atoms with Gasteiger partial charge in [-0.25, -0.2) is 13.1 Å². The first kappa shape index (κ1) is 20.3. The van der Waals surface area contributed by atoms with E-state index in [4.69, 9.17) is 11.6 Å². The van der Waals surface area contributed by atoms with Gasteiger partial charge in [0, 0.05) is 41.8 Å². The van der Waals surface area contributed by atoms with E-state index in [1.54, 1.807) is 45.8 Å². The minimum atomic E-state index is -3.33. The minimum absolute atomic E-state index is 0.00434. The van der Waals surface area contributed by atoms with Crippen LogP contribution in [0, 0.1) is 5.92 Å². The summed E-state index contributed by atoms with van der Waals surface area (Å²) in [4.78, 5) is 12.2. The topological polar surface area (TPSA) is 86.0 Å². The Morgan fingerprint density at radius 2 is 1.90 bits per heavy atom. The third-order valence-electron chi connectivity index (χ3n) is 6.00. The van der Waals surface area contributed by atoms with Crippen LogP contribution < -0.4 is 10.3 Å². The van der Waals surface area contributed by atoms with Crippen LogP contribution in [0.2, 0.25) is 5.02 Å². The van der Waals surface area contributed by atoms with Crippen LogP contribution in [0.4, 0.5) is 5.69 Å². The second kappa shape index (κ2) is 7.84. The number of aromatic nitrogens is 3. The molecule has 2 aliphatic carbocycles. The molecule has 0 aliphatic heterocycles. The summed E-state index contributed by atoms with van der Waals surface area (Å²) in [7, 11) is -3.33. The van der Waals surface area contributed by atoms with Gasteiger partial charge >= 0.3 is 0 Å². The van der Waals surface area contributed by atoms with Crippen LogP contribution in [0.15, 0.2) is 53.7 Å². The number of rotatable bonds is 7. The molecule has 3 aromatic rings. The van der Waals surface area contributed by atoms with E-state index in [2.05, 4.69) is 9.82 Å². The molecule has 0 spiro atoms. The van der Waals surface area contributed by atoms with Crippen LogP contribution >= 0.6 is 11.6 Å². The number of pyridine rings is 1. The molecule has 0 unspecified atom stereocenters. The molecular weight excluding hydrogens is 436 g/mol. The molecule has 1 aromatic carbocycles. The van der Waals surface area contributed by atoms with Crippen LogP contribution in [-0.2, 0) is 16.6 Å². The first-order chi connectivity index (χ1) is 14.9. The normalized spacial score (nSPS) is 16.8. The van der Waals surface area contributed by atoms with Crippen molar-refractivity contribution < 1.29 is 8.42 Å². The van der Waals surface area contributed by atoms with Crippen molar-refractivity contribution in [2.75, 3.05) is 4.72 Å². The zero-order chi connectivity index (χ0) is 21.6.